The van der Waals surface area contributed by atoms with Gasteiger partial charge in [-0.2, -0.15) is 0 Å². The number of hydrogen-bond donors (Lipinski definition) is 4. The minimum absolute atomic E-state index is 0. The number of carbonyl (C=O) groups is 5. The Balaban J connectivity index is 0.000000164. The van der Waals surface area contributed by atoms with Gasteiger partial charge in [0.1, 0.15) is 0 Å². The first-order valence-corrected chi connectivity index (χ1v) is 44.5. The van der Waals surface area contributed by atoms with E-state index in [1.165, 1.54) is 106 Å². The smallest absolute Gasteiger partial charge is 1.00 e. The molecule has 0 atom stereocenters. The molecule has 10 aromatic rings. The average Bonchev–Trinajstić information content (AvgIpc) is 0.776. The predicted octanol–water partition coefficient (Wildman–Crippen LogP) is 12.8. The molecule has 2 amide bonds. The Morgan fingerprint density at radius 3 is 0.764 bits per heavy atom. The molecule has 5 aliphatic carbocycles. The van der Waals surface area contributed by atoms with Crippen molar-refractivity contribution < 1.29 is 60.1 Å². The number of piperazine rings is 5. The fraction of sp³-hybridized carbons (Fsp3) is 0.381. The molecule has 16 nitrogen and oxygen atoms in total. The van der Waals surface area contributed by atoms with Crippen LogP contribution in [0.25, 0.3) is 0 Å². The van der Waals surface area contributed by atoms with Crippen LogP contribution in [0.5, 0.6) is 0 Å². The van der Waals surface area contributed by atoms with Crippen molar-refractivity contribution in [2.24, 2.45) is 0 Å². The average molecular weight is 1660 g/mol. The van der Waals surface area contributed by atoms with Crippen molar-refractivity contribution in [2.45, 2.75) is 117 Å². The van der Waals surface area contributed by atoms with E-state index in [-0.39, 0.29) is 69.2 Å². The van der Waals surface area contributed by atoms with Crippen molar-refractivity contribution in [1.29, 1.82) is 0 Å². The Bertz CT molecular complexity index is 4700. The van der Waals surface area contributed by atoms with Crippen LogP contribution in [-0.4, -0.2) is 222 Å². The summed E-state index contributed by atoms with van der Waals surface area (Å²) in [6, 6.07) is 86.2. The van der Waals surface area contributed by atoms with E-state index in [1.807, 2.05) is 121 Å². The van der Waals surface area contributed by atoms with E-state index in [1.54, 1.807) is 6.92 Å². The predicted molar refractivity (Wildman–Crippen MR) is 498 cm³/mol. The molecule has 0 aromatic heterocycles. The molecule has 639 valence electrons. The number of aliphatic carboxylic acids is 1. The maximum absolute atomic E-state index is 12.1. The van der Waals surface area contributed by atoms with Gasteiger partial charge in [0.15, 0.2) is 11.6 Å². The molecule has 5 saturated heterocycles. The topological polar surface area (TPSA) is 164 Å². The SMILES string of the molecule is CCC(=O)N1CCN(C2c3ccccc3Cc3ccccc32)CC1.CCC(=O)N1CCNCC1.CCC(=O)O.CCCC.CN1CCN(C2c3ccccc3Cc3ccccc32)CC1.CN1CCNCC1.O=C1c2ccccc2Cc2ccccc21.O=C1c2ccccc2Cc2ccccc21.[B].[H-].[Na+].c1ccc2c(c1)Cc1ccccc1C2N1CCNCC1. The van der Waals surface area contributed by atoms with Gasteiger partial charge in [0.25, 0.3) is 0 Å². The number of amides is 2. The quantitative estimate of drug-likeness (QED) is 0.111. The van der Waals surface area contributed by atoms with Gasteiger partial charge in [0.2, 0.25) is 11.8 Å². The van der Waals surface area contributed by atoms with Crippen molar-refractivity contribution in [1.82, 2.24) is 50.2 Å². The summed E-state index contributed by atoms with van der Waals surface area (Å²) < 4.78 is 0. The van der Waals surface area contributed by atoms with Gasteiger partial charge in [-0.05, 0) is 135 Å². The maximum atomic E-state index is 12.1. The third-order valence-electron chi connectivity index (χ3n) is 24.7. The van der Waals surface area contributed by atoms with Gasteiger partial charge in [-0.1, -0.05) is 290 Å². The van der Waals surface area contributed by atoms with Gasteiger partial charge >= 0.3 is 35.5 Å². The first-order chi connectivity index (χ1) is 59.2. The normalized spacial score (nSPS) is 16.9. The number of ketones is 2. The summed E-state index contributed by atoms with van der Waals surface area (Å²) in [6.07, 6.45) is 9.04. The van der Waals surface area contributed by atoms with Crippen molar-refractivity contribution in [3.05, 3.63) is 354 Å². The first-order valence-electron chi connectivity index (χ1n) is 44.5. The van der Waals surface area contributed by atoms with Crippen LogP contribution in [0.2, 0.25) is 0 Å². The molecule has 3 radical (unpaired) electrons. The fourth-order valence-electron chi connectivity index (χ4n) is 17.7. The third-order valence-corrected chi connectivity index (χ3v) is 24.7. The Morgan fingerprint density at radius 1 is 0.301 bits per heavy atom. The van der Waals surface area contributed by atoms with E-state index in [4.69, 9.17) is 5.11 Å². The number of nitrogens with one attached hydrogen (secondary N) is 3. The molecule has 10 aromatic carbocycles. The van der Waals surface area contributed by atoms with Gasteiger partial charge in [0.05, 0.1) is 18.1 Å². The zero-order chi connectivity index (χ0) is 84.8. The van der Waals surface area contributed by atoms with Crippen molar-refractivity contribution in [2.75, 3.05) is 145 Å². The van der Waals surface area contributed by atoms with Crippen LogP contribution in [0, 0.1) is 0 Å². The monoisotopic (exact) mass is 1660 g/mol. The van der Waals surface area contributed by atoms with E-state index >= 15 is 0 Å². The molecule has 20 rings (SSSR count). The number of benzene rings is 10. The summed E-state index contributed by atoms with van der Waals surface area (Å²) in [5.41, 5.74) is 25.8. The van der Waals surface area contributed by atoms with Gasteiger partial charge in [-0.3, -0.25) is 38.7 Å². The van der Waals surface area contributed by atoms with Crippen molar-refractivity contribution in [3.63, 3.8) is 0 Å². The van der Waals surface area contributed by atoms with Crippen LogP contribution in [-0.2, 0) is 46.5 Å². The van der Waals surface area contributed by atoms with E-state index < -0.39 is 5.97 Å². The van der Waals surface area contributed by atoms with Crippen LogP contribution in [0.1, 0.15) is 207 Å². The Labute approximate surface area is 758 Å². The summed E-state index contributed by atoms with van der Waals surface area (Å²) in [7, 11) is 4.38. The number of carbonyl (C=O) groups excluding carboxylic acids is 4. The molecule has 18 heteroatoms. The molecule has 0 bridgehead atoms. The molecule has 123 heavy (non-hydrogen) atoms. The standard InChI is InChI=1S/C21H24N2O.C19H22N2.C18H20N2.2C14H10O.C7H14N2O.C5H12N2.C4H10.C3H6O2.B.Na.H/c1-2-20(24)22-11-13-23(14-12-22)21-18-9-5-3-7-16(18)15-17-8-4-6-10-19(17)21;1-20-10-12-21(13-11-20)19-17-8-4-2-6-15(17)14-16-7-3-5-9-18(16)19;1-3-7-16-14(5-1)13-15-6-2-4-8-17(15)18(16)20-11-9-19-10-12-20;2*15-14-12-7-3-1-5-10(12)9-11-6-2-4-8-13(11)14;1-2-7(10)9-5-3-8-4-6-9;1-7-4-2-6-3-5-7;1-3-4-2;1-2-3(4)5;;;/h3-10,21H,2,11-15H2,1H3;2-9,19H,10-14H2,1H3;1-8,18-19H,9-13H2;2*1-8H,9H2;8H,2-6H2,1H3;6H,2-5H2,1H3;3-4H2,1-2H3;2H2,1H3,(H,4,5);;;/q;;;;;;;;;;+1;-1. The number of likely N-dealkylation sites (N-methyl/N-ethyl adjacent to an activating group) is 2. The number of carboxylic acids is 1. The summed E-state index contributed by atoms with van der Waals surface area (Å²) in [5.74, 6) is 0.130. The van der Waals surface area contributed by atoms with Crippen molar-refractivity contribution >= 4 is 37.8 Å². The second-order valence-corrected chi connectivity index (χ2v) is 32.8. The zero-order valence-corrected chi connectivity index (χ0v) is 76.2. The van der Waals surface area contributed by atoms with Gasteiger partial charge in [0, 0.05) is 181 Å². The minimum Gasteiger partial charge on any atom is -1.00 e. The van der Waals surface area contributed by atoms with Gasteiger partial charge in [-0.25, -0.2) is 0 Å². The van der Waals surface area contributed by atoms with E-state index in [9.17, 15) is 24.0 Å². The molecule has 5 aliphatic heterocycles. The summed E-state index contributed by atoms with van der Waals surface area (Å²) in [6.45, 7) is 30.9. The van der Waals surface area contributed by atoms with Crippen LogP contribution in [0.15, 0.2) is 243 Å². The van der Waals surface area contributed by atoms with Crippen LogP contribution < -0.4 is 45.5 Å². The zero-order valence-electron chi connectivity index (χ0n) is 75.2. The van der Waals surface area contributed by atoms with E-state index in [2.05, 4.69) is 214 Å². The number of rotatable bonds is 7. The summed E-state index contributed by atoms with van der Waals surface area (Å²) >= 11 is 0. The molecule has 0 saturated carbocycles. The van der Waals surface area contributed by atoms with Gasteiger partial charge in [-0.15, -0.1) is 0 Å². The largest absolute Gasteiger partial charge is 1.00 e. The molecule has 5 fully saturated rings. The second kappa shape index (κ2) is 49.4. The molecular weight excluding hydrogens is 1530 g/mol. The number of unbranched alkanes of at least 4 members (excludes halogenated alkanes) is 1. The Hall–Kier alpha value is -9.31. The molecular formula is C105H129BN10NaO6. The number of carboxylic acid groups (broad SMARTS) is 1. The second-order valence-electron chi connectivity index (χ2n) is 32.8. The third kappa shape index (κ3) is 25.7. The summed E-state index contributed by atoms with van der Waals surface area (Å²) in [5, 5.41) is 17.7. The fourth-order valence-corrected chi connectivity index (χ4v) is 17.7. The van der Waals surface area contributed by atoms with Gasteiger partial charge < -0.3 is 42.1 Å². The van der Waals surface area contributed by atoms with E-state index in [0.29, 0.717) is 31.0 Å². The minimum atomic E-state index is -0.745. The molecule has 10 aliphatic rings. The molecule has 0 spiro atoms. The Kier molecular flexibility index (Phi) is 38.5. The Morgan fingerprint density at radius 2 is 0.512 bits per heavy atom. The molecule has 5 heterocycles. The summed E-state index contributed by atoms with van der Waals surface area (Å²) in [4.78, 5) is 73.1. The molecule has 0 unspecified atom stereocenters. The number of hydrogen-bond acceptors (Lipinski definition) is 13. The van der Waals surface area contributed by atoms with Crippen LogP contribution >= 0.6 is 0 Å². The maximum Gasteiger partial charge on any atom is 1.00 e. The molecule has 4 N–H and O–H groups in total. The van der Waals surface area contributed by atoms with Crippen molar-refractivity contribution in [3.8, 4) is 0 Å². The number of nitrogens with zero attached hydrogens (tertiary/aromatic N) is 7. The van der Waals surface area contributed by atoms with E-state index in [0.717, 1.165) is 181 Å². The number of fused-ring (bicyclic) bond motifs is 10. The first kappa shape index (κ1) is 95.9. The van der Waals surface area contributed by atoms with Crippen LogP contribution in [0.3, 0.4) is 0 Å². The van der Waals surface area contributed by atoms with Crippen LogP contribution in [0.4, 0.5) is 0 Å².